The van der Waals surface area contributed by atoms with Gasteiger partial charge in [0, 0.05) is 18.4 Å². The van der Waals surface area contributed by atoms with E-state index in [0.717, 1.165) is 0 Å². The van der Waals surface area contributed by atoms with Crippen molar-refractivity contribution in [3.8, 4) is 0 Å². The topological polar surface area (TPSA) is 66.8 Å². The number of ether oxygens (including phenoxy) is 1. The molecule has 0 unspecified atom stereocenters. The second kappa shape index (κ2) is 6.21. The predicted octanol–water partition coefficient (Wildman–Crippen LogP) is 1.20. The fourth-order valence-electron chi connectivity index (χ4n) is 1.19. The molecule has 0 saturated heterocycles. The molecule has 0 rings (SSSR count). The molecule has 0 aromatic heterocycles. The molecule has 16 heavy (non-hydrogen) atoms. The van der Waals surface area contributed by atoms with E-state index in [0.29, 0.717) is 0 Å². The Morgan fingerprint density at radius 2 is 1.75 bits per heavy atom. The van der Waals surface area contributed by atoms with E-state index in [9.17, 15) is 9.90 Å². The van der Waals surface area contributed by atoms with E-state index in [1.165, 1.54) is 0 Å². The summed E-state index contributed by atoms with van der Waals surface area (Å²) in [4.78, 5) is 11.5. The van der Waals surface area contributed by atoms with Crippen molar-refractivity contribution >= 4 is 5.97 Å². The van der Waals surface area contributed by atoms with Gasteiger partial charge in [-0.1, -0.05) is 13.8 Å². The summed E-state index contributed by atoms with van der Waals surface area (Å²) in [6.07, 6.45) is -0.655. The second-order valence-electron chi connectivity index (χ2n) is 5.48. The normalized spacial score (nSPS) is 17.7. The first-order chi connectivity index (χ1) is 7.20. The molecule has 0 aliphatic carbocycles. The minimum atomic E-state index is -0.655. The van der Waals surface area contributed by atoms with Gasteiger partial charge in [0.2, 0.25) is 0 Å². The van der Waals surface area contributed by atoms with Gasteiger partial charge in [-0.2, -0.15) is 0 Å². The maximum atomic E-state index is 11.5. The molecular formula is C12H24O4. The van der Waals surface area contributed by atoms with E-state index >= 15 is 0 Å². The second-order valence-corrected chi connectivity index (χ2v) is 5.48. The van der Waals surface area contributed by atoms with Gasteiger partial charge in [-0.3, -0.25) is 4.79 Å². The van der Waals surface area contributed by atoms with Crippen LogP contribution in [0, 0.1) is 17.3 Å². The molecule has 2 N–H and O–H groups in total. The maximum Gasteiger partial charge on any atom is 0.311 e. The SMILES string of the molecule is C[C@@H](CO)[C@H](O)[C@@H](C)COC(=O)C(C)(C)C. The Labute approximate surface area is 97.6 Å². The van der Waals surface area contributed by atoms with Gasteiger partial charge >= 0.3 is 5.97 Å². The smallest absolute Gasteiger partial charge is 0.311 e. The Balaban J connectivity index is 4.08. The Kier molecular flexibility index (Phi) is 5.97. The van der Waals surface area contributed by atoms with Gasteiger partial charge in [-0.05, 0) is 20.8 Å². The average molecular weight is 232 g/mol. The van der Waals surface area contributed by atoms with Crippen molar-refractivity contribution in [2.45, 2.75) is 40.7 Å². The van der Waals surface area contributed by atoms with Crippen LogP contribution in [0.4, 0.5) is 0 Å². The Bertz CT molecular complexity index is 220. The van der Waals surface area contributed by atoms with Gasteiger partial charge in [-0.15, -0.1) is 0 Å². The first-order valence-electron chi connectivity index (χ1n) is 5.66. The molecule has 0 aliphatic rings. The minimum Gasteiger partial charge on any atom is -0.465 e. The monoisotopic (exact) mass is 232 g/mol. The zero-order chi connectivity index (χ0) is 12.9. The van der Waals surface area contributed by atoms with E-state index in [1.54, 1.807) is 34.6 Å². The molecule has 0 radical (unpaired) electrons. The predicted molar refractivity (Wildman–Crippen MR) is 61.8 cm³/mol. The van der Waals surface area contributed by atoms with Crippen molar-refractivity contribution in [1.29, 1.82) is 0 Å². The summed E-state index contributed by atoms with van der Waals surface area (Å²) in [7, 11) is 0. The highest BCUT2D eigenvalue weighted by Gasteiger charge is 2.26. The van der Waals surface area contributed by atoms with Crippen molar-refractivity contribution in [2.24, 2.45) is 17.3 Å². The van der Waals surface area contributed by atoms with Crippen LogP contribution in [0.15, 0.2) is 0 Å². The van der Waals surface area contributed by atoms with Crippen LogP contribution in [0.2, 0.25) is 0 Å². The molecule has 96 valence electrons. The van der Waals surface area contributed by atoms with E-state index in [-0.39, 0.29) is 31.0 Å². The van der Waals surface area contributed by atoms with Gasteiger partial charge in [0.05, 0.1) is 18.1 Å². The molecule has 0 aromatic rings. The van der Waals surface area contributed by atoms with Gasteiger partial charge in [0.1, 0.15) is 0 Å². The minimum absolute atomic E-state index is 0.0707. The molecule has 0 aliphatic heterocycles. The maximum absolute atomic E-state index is 11.5. The summed E-state index contributed by atoms with van der Waals surface area (Å²) >= 11 is 0. The Morgan fingerprint density at radius 1 is 1.25 bits per heavy atom. The number of aliphatic hydroxyl groups is 2. The molecule has 3 atom stereocenters. The fraction of sp³-hybridized carbons (Fsp3) is 0.917. The van der Waals surface area contributed by atoms with E-state index < -0.39 is 11.5 Å². The van der Waals surface area contributed by atoms with Crippen LogP contribution < -0.4 is 0 Å². The molecule has 4 heteroatoms. The lowest BCUT2D eigenvalue weighted by Gasteiger charge is -2.24. The molecule has 4 nitrogen and oxygen atoms in total. The number of hydrogen-bond donors (Lipinski definition) is 2. The number of esters is 1. The summed E-state index contributed by atoms with van der Waals surface area (Å²) in [5, 5.41) is 18.6. The molecule has 0 saturated carbocycles. The molecule has 0 spiro atoms. The van der Waals surface area contributed by atoms with Crippen molar-refractivity contribution < 1.29 is 19.7 Å². The van der Waals surface area contributed by atoms with Crippen molar-refractivity contribution in [3.63, 3.8) is 0 Å². The van der Waals surface area contributed by atoms with Gasteiger partial charge in [0.25, 0.3) is 0 Å². The molecule has 0 bridgehead atoms. The van der Waals surface area contributed by atoms with Gasteiger partial charge < -0.3 is 14.9 Å². The molecule has 0 heterocycles. The van der Waals surface area contributed by atoms with Crippen LogP contribution in [-0.2, 0) is 9.53 Å². The van der Waals surface area contributed by atoms with E-state index in [4.69, 9.17) is 9.84 Å². The standard InChI is InChI=1S/C12H24O4/c1-8(6-13)10(14)9(2)7-16-11(15)12(3,4)5/h8-10,13-14H,6-7H2,1-5H3/t8-,9-,10-/m0/s1. The van der Waals surface area contributed by atoms with Gasteiger partial charge in [-0.25, -0.2) is 0 Å². The van der Waals surface area contributed by atoms with Crippen LogP contribution in [0.3, 0.4) is 0 Å². The number of carbonyl (C=O) groups is 1. The highest BCUT2D eigenvalue weighted by Crippen LogP contribution is 2.18. The van der Waals surface area contributed by atoms with Crippen LogP contribution in [-0.4, -0.2) is 35.5 Å². The number of carbonyl (C=O) groups excluding carboxylic acids is 1. The third-order valence-corrected chi connectivity index (χ3v) is 2.54. The summed E-state index contributed by atoms with van der Waals surface area (Å²) in [5.74, 6) is -0.653. The Hall–Kier alpha value is -0.610. The molecular weight excluding hydrogens is 208 g/mol. The van der Waals surface area contributed by atoms with Crippen LogP contribution in [0.25, 0.3) is 0 Å². The summed E-state index contributed by atoms with van der Waals surface area (Å²) in [6.45, 7) is 9.02. The summed E-state index contributed by atoms with van der Waals surface area (Å²) in [5.41, 5.74) is -0.521. The average Bonchev–Trinajstić information content (AvgIpc) is 2.21. The Morgan fingerprint density at radius 3 is 2.12 bits per heavy atom. The van der Waals surface area contributed by atoms with Crippen LogP contribution in [0.1, 0.15) is 34.6 Å². The summed E-state index contributed by atoms with van der Waals surface area (Å²) < 4.78 is 5.10. The lowest BCUT2D eigenvalue weighted by molar-refractivity contribution is -0.155. The first kappa shape index (κ1) is 15.4. The zero-order valence-corrected chi connectivity index (χ0v) is 10.9. The number of aliphatic hydroxyl groups excluding tert-OH is 2. The fourth-order valence-corrected chi connectivity index (χ4v) is 1.19. The van der Waals surface area contributed by atoms with E-state index in [2.05, 4.69) is 0 Å². The lowest BCUT2D eigenvalue weighted by atomic mass is 9.94. The highest BCUT2D eigenvalue weighted by molar-refractivity contribution is 5.75. The largest absolute Gasteiger partial charge is 0.465 e. The zero-order valence-electron chi connectivity index (χ0n) is 10.9. The molecule has 0 fully saturated rings. The van der Waals surface area contributed by atoms with Crippen molar-refractivity contribution in [3.05, 3.63) is 0 Å². The van der Waals surface area contributed by atoms with Crippen molar-refractivity contribution in [2.75, 3.05) is 13.2 Å². The molecule has 0 aromatic carbocycles. The number of rotatable bonds is 5. The van der Waals surface area contributed by atoms with Gasteiger partial charge in [0.15, 0.2) is 0 Å². The first-order valence-corrected chi connectivity index (χ1v) is 5.66. The van der Waals surface area contributed by atoms with Crippen LogP contribution in [0.5, 0.6) is 0 Å². The highest BCUT2D eigenvalue weighted by atomic mass is 16.5. The van der Waals surface area contributed by atoms with Crippen LogP contribution >= 0.6 is 0 Å². The third kappa shape index (κ3) is 4.94. The third-order valence-electron chi connectivity index (χ3n) is 2.54. The number of hydrogen-bond acceptors (Lipinski definition) is 4. The quantitative estimate of drug-likeness (QED) is 0.699. The molecule has 0 amide bonds. The summed E-state index contributed by atoms with van der Waals surface area (Å²) in [6, 6.07) is 0. The van der Waals surface area contributed by atoms with Crippen molar-refractivity contribution in [1.82, 2.24) is 0 Å². The van der Waals surface area contributed by atoms with E-state index in [1.807, 2.05) is 0 Å². The lowest BCUT2D eigenvalue weighted by Crippen LogP contribution is -2.33.